The van der Waals surface area contributed by atoms with Crippen LogP contribution in [0.5, 0.6) is 5.75 Å². The third-order valence-corrected chi connectivity index (χ3v) is 3.02. The van der Waals surface area contributed by atoms with Crippen LogP contribution in [-0.2, 0) is 6.54 Å². The number of hydrogen-bond acceptors (Lipinski definition) is 3. The van der Waals surface area contributed by atoms with E-state index in [0.717, 1.165) is 25.2 Å². The molecule has 0 aromatic heterocycles. The van der Waals surface area contributed by atoms with Crippen molar-refractivity contribution in [3.63, 3.8) is 0 Å². The van der Waals surface area contributed by atoms with E-state index >= 15 is 0 Å². The van der Waals surface area contributed by atoms with E-state index in [-0.39, 0.29) is 6.10 Å². The molecule has 1 aliphatic rings. The molecule has 1 saturated heterocycles. The van der Waals surface area contributed by atoms with E-state index < -0.39 is 0 Å². The summed E-state index contributed by atoms with van der Waals surface area (Å²) >= 11 is 6.16. The van der Waals surface area contributed by atoms with Gasteiger partial charge in [-0.15, -0.1) is 0 Å². The average Bonchev–Trinajstić information content (AvgIpc) is 2.18. The van der Waals surface area contributed by atoms with Crippen LogP contribution in [0.4, 0.5) is 0 Å². The Labute approximate surface area is 94.2 Å². The fraction of sp³-hybridized carbons (Fsp3) is 0.455. The van der Waals surface area contributed by atoms with E-state index in [0.29, 0.717) is 10.8 Å². The highest BCUT2D eigenvalue weighted by Gasteiger charge is 2.24. The summed E-state index contributed by atoms with van der Waals surface area (Å²) in [6.45, 7) is 2.23. The van der Waals surface area contributed by atoms with Crippen LogP contribution in [0, 0.1) is 0 Å². The summed E-state index contributed by atoms with van der Waals surface area (Å²) in [6, 6.07) is 5.75. The Hall–Kier alpha value is -0.770. The van der Waals surface area contributed by atoms with Gasteiger partial charge in [-0.1, -0.05) is 23.7 Å². The van der Waals surface area contributed by atoms with E-state index in [2.05, 4.69) is 4.90 Å². The lowest BCUT2D eigenvalue weighted by Crippen LogP contribution is -2.49. The molecule has 0 atom stereocenters. The van der Waals surface area contributed by atoms with Crippen molar-refractivity contribution >= 4 is 11.6 Å². The van der Waals surface area contributed by atoms with Crippen LogP contribution in [0.15, 0.2) is 18.2 Å². The molecule has 1 aliphatic heterocycles. The van der Waals surface area contributed by atoms with E-state index in [9.17, 15) is 0 Å². The molecule has 4 heteroatoms. The SMILES string of the molecule is COc1cccc(CN2CC(O)C2)c1Cl. The maximum absolute atomic E-state index is 9.17. The molecule has 1 aromatic rings. The predicted molar refractivity (Wildman–Crippen MR) is 59.3 cm³/mol. The van der Waals surface area contributed by atoms with Crippen molar-refractivity contribution in [3.8, 4) is 5.75 Å². The number of rotatable bonds is 3. The van der Waals surface area contributed by atoms with Crippen molar-refractivity contribution in [2.75, 3.05) is 20.2 Å². The average molecular weight is 228 g/mol. The lowest BCUT2D eigenvalue weighted by molar-refractivity contribution is -0.00287. The minimum atomic E-state index is -0.172. The van der Waals surface area contributed by atoms with Crippen molar-refractivity contribution in [3.05, 3.63) is 28.8 Å². The molecule has 0 aliphatic carbocycles. The van der Waals surface area contributed by atoms with Gasteiger partial charge in [-0.05, 0) is 11.6 Å². The molecule has 0 radical (unpaired) electrons. The van der Waals surface area contributed by atoms with Crippen LogP contribution < -0.4 is 4.74 Å². The highest BCUT2D eigenvalue weighted by molar-refractivity contribution is 6.32. The number of aliphatic hydroxyl groups excluding tert-OH is 1. The first-order valence-corrected chi connectivity index (χ1v) is 5.30. The Morgan fingerprint density at radius 3 is 2.87 bits per heavy atom. The normalized spacial score (nSPS) is 17.5. The van der Waals surface area contributed by atoms with Crippen molar-refractivity contribution in [2.45, 2.75) is 12.6 Å². The minimum absolute atomic E-state index is 0.172. The van der Waals surface area contributed by atoms with Crippen molar-refractivity contribution in [2.24, 2.45) is 0 Å². The first kappa shape index (κ1) is 10.7. The molecule has 15 heavy (non-hydrogen) atoms. The van der Waals surface area contributed by atoms with E-state index in [1.807, 2.05) is 18.2 Å². The standard InChI is InChI=1S/C11H14ClNO2/c1-15-10-4-2-3-8(11(10)12)5-13-6-9(14)7-13/h2-4,9,14H,5-7H2,1H3. The van der Waals surface area contributed by atoms with Gasteiger partial charge in [0, 0.05) is 19.6 Å². The molecule has 0 amide bonds. The van der Waals surface area contributed by atoms with Gasteiger partial charge in [0.1, 0.15) is 5.75 Å². The van der Waals surface area contributed by atoms with Crippen LogP contribution in [-0.4, -0.2) is 36.3 Å². The van der Waals surface area contributed by atoms with Gasteiger partial charge in [0.25, 0.3) is 0 Å². The lowest BCUT2D eigenvalue weighted by atomic mass is 10.1. The number of likely N-dealkylation sites (tertiary alicyclic amines) is 1. The summed E-state index contributed by atoms with van der Waals surface area (Å²) in [7, 11) is 1.61. The zero-order valence-corrected chi connectivity index (χ0v) is 9.37. The summed E-state index contributed by atoms with van der Waals surface area (Å²) in [5, 5.41) is 9.84. The number of halogens is 1. The molecule has 3 nitrogen and oxygen atoms in total. The molecule has 0 unspecified atom stereocenters. The van der Waals surface area contributed by atoms with Crippen LogP contribution in [0.25, 0.3) is 0 Å². The highest BCUT2D eigenvalue weighted by atomic mass is 35.5. The van der Waals surface area contributed by atoms with E-state index in [4.69, 9.17) is 21.4 Å². The third kappa shape index (κ3) is 2.25. The second kappa shape index (κ2) is 4.39. The first-order chi connectivity index (χ1) is 7.20. The van der Waals surface area contributed by atoms with E-state index in [1.165, 1.54) is 0 Å². The molecule has 1 aromatic carbocycles. The minimum Gasteiger partial charge on any atom is -0.495 e. The Balaban J connectivity index is 2.07. The zero-order valence-electron chi connectivity index (χ0n) is 8.61. The first-order valence-electron chi connectivity index (χ1n) is 4.92. The van der Waals surface area contributed by atoms with Gasteiger partial charge in [0.05, 0.1) is 18.2 Å². The number of β-amino-alcohol motifs (C(OH)–C–C–N with tert-alkyl or cyclic N) is 1. The Morgan fingerprint density at radius 2 is 2.27 bits per heavy atom. The molecule has 1 heterocycles. The van der Waals surface area contributed by atoms with Crippen LogP contribution in [0.2, 0.25) is 5.02 Å². The van der Waals surface area contributed by atoms with Crippen LogP contribution >= 0.6 is 11.6 Å². The number of ether oxygens (including phenoxy) is 1. The fourth-order valence-electron chi connectivity index (χ4n) is 1.75. The molecule has 1 N–H and O–H groups in total. The van der Waals surface area contributed by atoms with Gasteiger partial charge >= 0.3 is 0 Å². The highest BCUT2D eigenvalue weighted by Crippen LogP contribution is 2.29. The maximum Gasteiger partial charge on any atom is 0.137 e. The number of methoxy groups -OCH3 is 1. The van der Waals surface area contributed by atoms with E-state index in [1.54, 1.807) is 7.11 Å². The molecule has 2 rings (SSSR count). The second-order valence-electron chi connectivity index (χ2n) is 3.78. The van der Waals surface area contributed by atoms with Gasteiger partial charge in [-0.3, -0.25) is 4.90 Å². The molecule has 82 valence electrons. The van der Waals surface area contributed by atoms with Crippen molar-refractivity contribution in [1.29, 1.82) is 0 Å². The van der Waals surface area contributed by atoms with Gasteiger partial charge < -0.3 is 9.84 Å². The number of hydrogen-bond donors (Lipinski definition) is 1. The predicted octanol–water partition coefficient (Wildman–Crippen LogP) is 1.53. The maximum atomic E-state index is 9.17. The fourth-order valence-corrected chi connectivity index (χ4v) is 2.01. The van der Waals surface area contributed by atoms with Gasteiger partial charge in [0.15, 0.2) is 0 Å². The molecular formula is C11H14ClNO2. The van der Waals surface area contributed by atoms with Crippen LogP contribution in [0.3, 0.4) is 0 Å². The zero-order chi connectivity index (χ0) is 10.8. The van der Waals surface area contributed by atoms with Crippen LogP contribution in [0.1, 0.15) is 5.56 Å². The number of benzene rings is 1. The van der Waals surface area contributed by atoms with Gasteiger partial charge in [-0.25, -0.2) is 0 Å². The lowest BCUT2D eigenvalue weighted by Gasteiger charge is -2.36. The molecule has 0 saturated carbocycles. The van der Waals surface area contributed by atoms with Crippen molar-refractivity contribution < 1.29 is 9.84 Å². The van der Waals surface area contributed by atoms with Crippen molar-refractivity contribution in [1.82, 2.24) is 4.90 Å². The van der Waals surface area contributed by atoms with Gasteiger partial charge in [-0.2, -0.15) is 0 Å². The molecule has 0 spiro atoms. The Morgan fingerprint density at radius 1 is 1.53 bits per heavy atom. The summed E-state index contributed by atoms with van der Waals surface area (Å²) in [5.74, 6) is 0.704. The monoisotopic (exact) mass is 227 g/mol. The topological polar surface area (TPSA) is 32.7 Å². The Bertz CT molecular complexity index is 350. The smallest absolute Gasteiger partial charge is 0.137 e. The summed E-state index contributed by atoms with van der Waals surface area (Å²) < 4.78 is 5.14. The third-order valence-electron chi connectivity index (χ3n) is 2.60. The Kier molecular flexibility index (Phi) is 3.14. The molecule has 1 fully saturated rings. The second-order valence-corrected chi connectivity index (χ2v) is 4.16. The van der Waals surface area contributed by atoms with Gasteiger partial charge in [0.2, 0.25) is 0 Å². The molecule has 0 bridgehead atoms. The molecular weight excluding hydrogens is 214 g/mol. The largest absolute Gasteiger partial charge is 0.495 e. The quantitative estimate of drug-likeness (QED) is 0.850. The summed E-state index contributed by atoms with van der Waals surface area (Å²) in [4.78, 5) is 2.14. The number of nitrogens with zero attached hydrogens (tertiary/aromatic N) is 1. The number of aliphatic hydroxyl groups is 1. The summed E-state index contributed by atoms with van der Waals surface area (Å²) in [6.07, 6.45) is -0.172. The summed E-state index contributed by atoms with van der Waals surface area (Å²) in [5.41, 5.74) is 1.04.